The zero-order valence-corrected chi connectivity index (χ0v) is 7.68. The standard InChI is InChI=1S/C8H15BO4/c1-5(3-10)8(4-11)6(12)2-7(9)13-8/h5-7,10-12H,2-4H2,1H3/t5-,6-,7+,8-/m0/s1. The van der Waals surface area contributed by atoms with Crippen LogP contribution in [0.25, 0.3) is 0 Å². The van der Waals surface area contributed by atoms with Crippen molar-refractivity contribution in [3.8, 4) is 0 Å². The van der Waals surface area contributed by atoms with Crippen LogP contribution in [0.3, 0.4) is 0 Å². The molecule has 0 aromatic carbocycles. The molecule has 2 radical (unpaired) electrons. The van der Waals surface area contributed by atoms with E-state index in [9.17, 15) is 5.11 Å². The van der Waals surface area contributed by atoms with Gasteiger partial charge in [-0.2, -0.15) is 0 Å². The summed E-state index contributed by atoms with van der Waals surface area (Å²) in [6, 6.07) is -0.559. The normalized spacial score (nSPS) is 42.2. The fourth-order valence-corrected chi connectivity index (χ4v) is 1.73. The van der Waals surface area contributed by atoms with Crippen LogP contribution in [0.1, 0.15) is 13.3 Å². The number of aliphatic hydroxyl groups is 3. The number of aliphatic hydroxyl groups excluding tert-OH is 3. The van der Waals surface area contributed by atoms with E-state index < -0.39 is 17.7 Å². The smallest absolute Gasteiger partial charge is 0.121 e. The number of rotatable bonds is 3. The molecule has 0 bridgehead atoms. The molecular weight excluding hydrogens is 171 g/mol. The van der Waals surface area contributed by atoms with Crippen LogP contribution in [-0.4, -0.2) is 54.1 Å². The maximum Gasteiger partial charge on any atom is 0.121 e. The fourth-order valence-electron chi connectivity index (χ4n) is 1.73. The van der Waals surface area contributed by atoms with Gasteiger partial charge in [-0.05, 0) is 6.42 Å². The lowest BCUT2D eigenvalue weighted by Gasteiger charge is -2.35. The molecule has 5 heteroatoms. The lowest BCUT2D eigenvalue weighted by atomic mass is 9.84. The average Bonchev–Trinajstić information content (AvgIpc) is 2.40. The summed E-state index contributed by atoms with van der Waals surface area (Å²) in [6.07, 6.45) is -0.514. The van der Waals surface area contributed by atoms with Crippen LogP contribution >= 0.6 is 0 Å². The zero-order chi connectivity index (χ0) is 10.1. The third-order valence-corrected chi connectivity index (χ3v) is 2.75. The predicted molar refractivity (Wildman–Crippen MR) is 47.3 cm³/mol. The van der Waals surface area contributed by atoms with Crippen LogP contribution < -0.4 is 0 Å². The van der Waals surface area contributed by atoms with E-state index in [4.69, 9.17) is 22.8 Å². The Labute approximate surface area is 78.9 Å². The lowest BCUT2D eigenvalue weighted by Crippen LogP contribution is -2.50. The molecule has 4 atom stereocenters. The minimum atomic E-state index is -1.09. The summed E-state index contributed by atoms with van der Waals surface area (Å²) in [6.45, 7) is 1.23. The molecule has 74 valence electrons. The van der Waals surface area contributed by atoms with Crippen LogP contribution in [0.4, 0.5) is 0 Å². The molecule has 1 heterocycles. The maximum atomic E-state index is 9.64. The molecule has 0 aromatic rings. The van der Waals surface area contributed by atoms with Crippen LogP contribution in [0.5, 0.6) is 0 Å². The second-order valence-electron chi connectivity index (χ2n) is 3.60. The summed E-state index contributed by atoms with van der Waals surface area (Å²) in [5.41, 5.74) is -1.09. The summed E-state index contributed by atoms with van der Waals surface area (Å²) in [4.78, 5) is 0. The summed E-state index contributed by atoms with van der Waals surface area (Å²) in [7, 11) is 5.49. The summed E-state index contributed by atoms with van der Waals surface area (Å²) in [5, 5.41) is 27.7. The van der Waals surface area contributed by atoms with E-state index in [2.05, 4.69) is 0 Å². The minimum absolute atomic E-state index is 0.148. The first-order chi connectivity index (χ1) is 6.06. The first-order valence-electron chi connectivity index (χ1n) is 4.40. The van der Waals surface area contributed by atoms with Crippen molar-refractivity contribution in [2.45, 2.75) is 31.1 Å². The maximum absolute atomic E-state index is 9.64. The monoisotopic (exact) mass is 186 g/mol. The molecule has 0 aromatic heterocycles. The Hall–Kier alpha value is -0.0951. The van der Waals surface area contributed by atoms with Crippen LogP contribution in [0.2, 0.25) is 0 Å². The third kappa shape index (κ3) is 1.74. The zero-order valence-electron chi connectivity index (χ0n) is 7.68. The van der Waals surface area contributed by atoms with Gasteiger partial charge in [-0.1, -0.05) is 6.92 Å². The molecule has 0 amide bonds. The number of ether oxygens (including phenoxy) is 1. The third-order valence-electron chi connectivity index (χ3n) is 2.75. The number of hydrogen-bond acceptors (Lipinski definition) is 4. The number of hydrogen-bond donors (Lipinski definition) is 3. The summed E-state index contributed by atoms with van der Waals surface area (Å²) >= 11 is 0. The van der Waals surface area contributed by atoms with Gasteiger partial charge >= 0.3 is 0 Å². The van der Waals surface area contributed by atoms with Gasteiger partial charge in [0.25, 0.3) is 0 Å². The van der Waals surface area contributed by atoms with Gasteiger partial charge < -0.3 is 20.1 Å². The van der Waals surface area contributed by atoms with E-state index in [1.54, 1.807) is 6.92 Å². The van der Waals surface area contributed by atoms with Crippen molar-refractivity contribution in [1.29, 1.82) is 0 Å². The van der Waals surface area contributed by atoms with Gasteiger partial charge in [0.15, 0.2) is 0 Å². The van der Waals surface area contributed by atoms with E-state index in [-0.39, 0.29) is 19.1 Å². The van der Waals surface area contributed by atoms with Crippen LogP contribution in [0.15, 0.2) is 0 Å². The molecular formula is C8H15BO4. The molecule has 4 nitrogen and oxygen atoms in total. The molecule has 0 unspecified atom stereocenters. The SMILES string of the molecule is [B][C@H]1C[C@H](O)[C@](CO)([C@@H](C)CO)O1. The van der Waals surface area contributed by atoms with Gasteiger partial charge in [0, 0.05) is 18.5 Å². The van der Waals surface area contributed by atoms with Crippen molar-refractivity contribution < 1.29 is 20.1 Å². The predicted octanol–water partition coefficient (Wildman–Crippen LogP) is -1.38. The molecule has 0 spiro atoms. The second kappa shape index (κ2) is 3.96. The molecule has 1 fully saturated rings. The highest BCUT2D eigenvalue weighted by Crippen LogP contribution is 2.35. The average molecular weight is 186 g/mol. The van der Waals surface area contributed by atoms with E-state index in [0.29, 0.717) is 6.42 Å². The minimum Gasteiger partial charge on any atom is -0.396 e. The Morgan fingerprint density at radius 2 is 2.23 bits per heavy atom. The van der Waals surface area contributed by atoms with Gasteiger partial charge in [-0.15, -0.1) is 0 Å². The van der Waals surface area contributed by atoms with Crippen molar-refractivity contribution in [2.24, 2.45) is 5.92 Å². The highest BCUT2D eigenvalue weighted by atomic mass is 16.5. The van der Waals surface area contributed by atoms with Crippen molar-refractivity contribution in [1.82, 2.24) is 0 Å². The molecule has 0 saturated carbocycles. The Balaban J connectivity index is 2.80. The van der Waals surface area contributed by atoms with Gasteiger partial charge in [0.2, 0.25) is 0 Å². The highest BCUT2D eigenvalue weighted by Gasteiger charge is 2.49. The highest BCUT2D eigenvalue weighted by molar-refractivity contribution is 6.11. The van der Waals surface area contributed by atoms with E-state index in [1.165, 1.54) is 0 Å². The Morgan fingerprint density at radius 1 is 1.62 bits per heavy atom. The summed E-state index contributed by atoms with van der Waals surface area (Å²) < 4.78 is 5.28. The largest absolute Gasteiger partial charge is 0.396 e. The molecule has 1 aliphatic heterocycles. The molecule has 1 aliphatic rings. The van der Waals surface area contributed by atoms with E-state index >= 15 is 0 Å². The van der Waals surface area contributed by atoms with Crippen molar-refractivity contribution >= 4 is 7.85 Å². The molecule has 1 rings (SSSR count). The topological polar surface area (TPSA) is 69.9 Å². The molecule has 13 heavy (non-hydrogen) atoms. The fraction of sp³-hybridized carbons (Fsp3) is 1.00. The van der Waals surface area contributed by atoms with Crippen LogP contribution in [0, 0.1) is 5.92 Å². The lowest BCUT2D eigenvalue weighted by molar-refractivity contribution is -0.138. The van der Waals surface area contributed by atoms with E-state index in [1.807, 2.05) is 0 Å². The van der Waals surface area contributed by atoms with Gasteiger partial charge in [-0.3, -0.25) is 0 Å². The van der Waals surface area contributed by atoms with Gasteiger partial charge in [-0.25, -0.2) is 0 Å². The van der Waals surface area contributed by atoms with Crippen molar-refractivity contribution in [3.63, 3.8) is 0 Å². The van der Waals surface area contributed by atoms with Crippen molar-refractivity contribution in [2.75, 3.05) is 13.2 Å². The summed E-state index contributed by atoms with van der Waals surface area (Å²) in [5.74, 6) is -0.332. The van der Waals surface area contributed by atoms with Gasteiger partial charge in [0.1, 0.15) is 13.4 Å². The van der Waals surface area contributed by atoms with Crippen LogP contribution in [-0.2, 0) is 4.74 Å². The Bertz CT molecular complexity index is 172. The Morgan fingerprint density at radius 3 is 2.54 bits per heavy atom. The van der Waals surface area contributed by atoms with E-state index in [0.717, 1.165) is 0 Å². The van der Waals surface area contributed by atoms with Crippen molar-refractivity contribution in [3.05, 3.63) is 0 Å². The second-order valence-corrected chi connectivity index (χ2v) is 3.60. The quantitative estimate of drug-likeness (QED) is 0.475. The first kappa shape index (κ1) is 11.0. The molecule has 3 N–H and O–H groups in total. The Kier molecular flexibility index (Phi) is 3.35. The van der Waals surface area contributed by atoms with Gasteiger partial charge in [0.05, 0.1) is 12.7 Å². The molecule has 0 aliphatic carbocycles. The first-order valence-corrected chi connectivity index (χ1v) is 4.40. The molecule has 1 saturated heterocycles.